The fourth-order valence-electron chi connectivity index (χ4n) is 0. The first kappa shape index (κ1) is 24.5. The van der Waals surface area contributed by atoms with Crippen LogP contribution in [0.5, 0.6) is 0 Å². The van der Waals surface area contributed by atoms with Crippen molar-refractivity contribution in [1.29, 1.82) is 0 Å². The minimum atomic E-state index is -1.07. The second kappa shape index (κ2) is 16.7. The number of carbonyl (C=O) groups excluding carboxylic acids is 2. The summed E-state index contributed by atoms with van der Waals surface area (Å²) in [5.74, 6) is 0.259. The molecule has 0 aliphatic rings. The molecule has 0 spiro atoms. The monoisotopic (exact) mass is 255 g/mol. The molecule has 1 amide bonds. The Labute approximate surface area is 102 Å². The van der Waals surface area contributed by atoms with E-state index >= 15 is 0 Å². The van der Waals surface area contributed by atoms with Gasteiger partial charge in [0.15, 0.2) is 11.1 Å². The first-order valence-corrected chi connectivity index (χ1v) is 5.66. The van der Waals surface area contributed by atoms with Gasteiger partial charge >= 0.3 is 0 Å². The van der Waals surface area contributed by atoms with Gasteiger partial charge in [0.25, 0.3) is 0 Å². The van der Waals surface area contributed by atoms with Gasteiger partial charge in [0.2, 0.25) is 5.91 Å². The van der Waals surface area contributed by atoms with Crippen LogP contribution < -0.4 is 0 Å². The molecule has 0 saturated heterocycles. The highest BCUT2D eigenvalue weighted by atomic mass is 32.2. The van der Waals surface area contributed by atoms with Gasteiger partial charge in [-0.3, -0.25) is 8.98 Å². The largest absolute Gasteiger partial charge is 0.349 e. The summed E-state index contributed by atoms with van der Waals surface area (Å²) in [5.41, 5.74) is 0. The summed E-state index contributed by atoms with van der Waals surface area (Å²) in [7, 11) is 4.85. The van der Waals surface area contributed by atoms with E-state index in [1.807, 2.05) is 0 Å². The van der Waals surface area contributed by atoms with Crippen LogP contribution in [0, 0.1) is 0 Å². The predicted octanol–water partition coefficient (Wildman–Crippen LogP) is 1.25. The molecule has 0 rings (SSSR count). The molecule has 0 aromatic carbocycles. The van der Waals surface area contributed by atoms with Crippen LogP contribution in [0.2, 0.25) is 0 Å². The number of rotatable bonds is 1. The zero-order valence-corrected chi connectivity index (χ0v) is 11.3. The van der Waals surface area contributed by atoms with Crippen molar-refractivity contribution < 1.29 is 18.0 Å². The van der Waals surface area contributed by atoms with Crippen LogP contribution in [0.15, 0.2) is 0 Å². The van der Waals surface area contributed by atoms with Gasteiger partial charge in [-0.25, -0.2) is 4.21 Å². The summed E-state index contributed by atoms with van der Waals surface area (Å²) < 4.78 is 13.9. The molecule has 0 aliphatic heterocycles. The molecule has 1 unspecified atom stereocenters. The second-order valence-corrected chi connectivity index (χ2v) is 4.03. The predicted molar refractivity (Wildman–Crippen MR) is 68.5 cm³/mol. The third-order valence-electron chi connectivity index (χ3n) is 0.864. The summed E-state index contributed by atoms with van der Waals surface area (Å²) in [6.07, 6.45) is 1.47. The molecule has 0 aromatic heterocycles. The number of carbonyl (C=O) groups is 2. The summed E-state index contributed by atoms with van der Waals surface area (Å²) in [6.45, 7) is 4.58. The molecule has 5 nitrogen and oxygen atoms in total. The number of ketones is 1. The Kier molecular flexibility index (Phi) is 25.5. The maximum atomic E-state index is 10.1. The Bertz CT molecular complexity index is 201. The lowest BCUT2D eigenvalue weighted by atomic mass is 10.6. The topological polar surface area (TPSA) is 63.7 Å². The van der Waals surface area contributed by atoms with Crippen molar-refractivity contribution in [2.75, 3.05) is 27.5 Å². The van der Waals surface area contributed by atoms with Crippen LogP contribution in [-0.4, -0.2) is 48.3 Å². The average Bonchev–Trinajstić information content (AvgIpc) is 2.04. The lowest BCUT2D eigenvalue weighted by Gasteiger charge is -2.02. The molecule has 0 aromatic rings. The molecular weight excluding hydrogens is 230 g/mol. The molecule has 100 valence electrons. The van der Waals surface area contributed by atoms with E-state index in [2.05, 4.69) is 4.18 Å². The van der Waals surface area contributed by atoms with Gasteiger partial charge in [0, 0.05) is 27.3 Å². The molecule has 0 N–H and O–H groups in total. The third-order valence-corrected chi connectivity index (χ3v) is 1.33. The third kappa shape index (κ3) is 72.1. The van der Waals surface area contributed by atoms with Crippen molar-refractivity contribution in [3.8, 4) is 0 Å². The van der Waals surface area contributed by atoms with Crippen LogP contribution in [0.3, 0.4) is 0 Å². The van der Waals surface area contributed by atoms with Crippen molar-refractivity contribution in [3.63, 3.8) is 0 Å². The fraction of sp³-hybridized carbons (Fsp3) is 0.800. The molecule has 0 radical (unpaired) electrons. The summed E-state index contributed by atoms with van der Waals surface area (Å²) >= 11 is -1.07. The number of Topliss-reactive ketones (excluding diaryl/α,β-unsaturated/α-hetero) is 1. The fourth-order valence-corrected chi connectivity index (χ4v) is 0. The van der Waals surface area contributed by atoms with Crippen molar-refractivity contribution in [1.82, 2.24) is 4.90 Å². The molecule has 0 fully saturated rings. The van der Waals surface area contributed by atoms with Gasteiger partial charge in [-0.15, -0.1) is 0 Å². The quantitative estimate of drug-likeness (QED) is 0.707. The Hall–Kier alpha value is -0.750. The first-order chi connectivity index (χ1) is 6.64. The molecule has 1 atom stereocenters. The SMILES string of the molecule is C.CC(=O)N(C)C.CC(C)=O.COS(C)=O. The van der Waals surface area contributed by atoms with E-state index in [9.17, 15) is 13.8 Å². The average molecular weight is 255 g/mol. The van der Waals surface area contributed by atoms with Gasteiger partial charge in [0.1, 0.15) is 5.78 Å². The number of nitrogens with zero attached hydrogens (tertiary/aromatic N) is 1. The number of hydrogen-bond acceptors (Lipinski definition) is 4. The number of amides is 1. The smallest absolute Gasteiger partial charge is 0.218 e. The molecule has 6 heteroatoms. The minimum Gasteiger partial charge on any atom is -0.349 e. The van der Waals surface area contributed by atoms with E-state index < -0.39 is 11.1 Å². The molecule has 0 heterocycles. The van der Waals surface area contributed by atoms with Crippen LogP contribution in [0.25, 0.3) is 0 Å². The second-order valence-electron chi connectivity index (χ2n) is 2.89. The highest BCUT2D eigenvalue weighted by Gasteiger charge is 1.87. The van der Waals surface area contributed by atoms with E-state index in [1.165, 1.54) is 39.0 Å². The van der Waals surface area contributed by atoms with E-state index in [4.69, 9.17) is 0 Å². The summed E-state index contributed by atoms with van der Waals surface area (Å²) in [4.78, 5) is 21.0. The van der Waals surface area contributed by atoms with Gasteiger partial charge < -0.3 is 9.69 Å². The van der Waals surface area contributed by atoms with Crippen molar-refractivity contribution in [3.05, 3.63) is 0 Å². The molecule has 16 heavy (non-hydrogen) atoms. The van der Waals surface area contributed by atoms with Crippen LogP contribution >= 0.6 is 0 Å². The van der Waals surface area contributed by atoms with Crippen molar-refractivity contribution >= 4 is 22.8 Å². The van der Waals surface area contributed by atoms with Gasteiger partial charge in [-0.2, -0.15) is 0 Å². The first-order valence-electron chi connectivity index (χ1n) is 4.18. The Morgan fingerprint density at radius 1 is 1.12 bits per heavy atom. The summed E-state index contributed by atoms with van der Waals surface area (Å²) in [5, 5.41) is 0. The van der Waals surface area contributed by atoms with E-state index in [-0.39, 0.29) is 19.1 Å². The van der Waals surface area contributed by atoms with Crippen LogP contribution in [0.4, 0.5) is 0 Å². The van der Waals surface area contributed by atoms with Crippen molar-refractivity contribution in [2.45, 2.75) is 28.2 Å². The molecule has 0 bridgehead atoms. The summed E-state index contributed by atoms with van der Waals surface area (Å²) in [6, 6.07) is 0. The van der Waals surface area contributed by atoms with Crippen molar-refractivity contribution in [2.24, 2.45) is 0 Å². The zero-order chi connectivity index (χ0) is 13.0. The molecular formula is C10H25NO4S. The Morgan fingerprint density at radius 2 is 1.25 bits per heavy atom. The number of hydrogen-bond donors (Lipinski definition) is 0. The standard InChI is InChI=1S/C4H9NO.C3H6O.C2H6O2S.CH4/c1-4(6)5(2)3;1-3(2)4;1-4-5(2)3;/h1-3H3;1-2H3;1-2H3;1H4. The lowest BCUT2D eigenvalue weighted by molar-refractivity contribution is -0.126. The van der Waals surface area contributed by atoms with E-state index in [0.717, 1.165) is 0 Å². The van der Waals surface area contributed by atoms with E-state index in [1.54, 1.807) is 14.1 Å². The van der Waals surface area contributed by atoms with E-state index in [0.29, 0.717) is 0 Å². The van der Waals surface area contributed by atoms with Gasteiger partial charge in [-0.1, -0.05) is 7.43 Å². The maximum absolute atomic E-state index is 10.1. The highest BCUT2D eigenvalue weighted by Crippen LogP contribution is 1.69. The van der Waals surface area contributed by atoms with Gasteiger partial charge in [0.05, 0.1) is 7.11 Å². The van der Waals surface area contributed by atoms with Crippen LogP contribution in [0.1, 0.15) is 28.2 Å². The molecule has 0 aliphatic carbocycles. The minimum absolute atomic E-state index is 0. The lowest BCUT2D eigenvalue weighted by Crippen LogP contribution is -2.17. The maximum Gasteiger partial charge on any atom is 0.218 e. The highest BCUT2D eigenvalue weighted by molar-refractivity contribution is 7.79. The van der Waals surface area contributed by atoms with Crippen LogP contribution in [-0.2, 0) is 24.9 Å². The Morgan fingerprint density at radius 3 is 1.25 bits per heavy atom. The molecule has 0 saturated carbocycles. The normalized spacial score (nSPS) is 9.19. The zero-order valence-electron chi connectivity index (χ0n) is 10.5. The van der Waals surface area contributed by atoms with Gasteiger partial charge in [-0.05, 0) is 13.8 Å². The Balaban J connectivity index is -0.0000000668.